The first kappa shape index (κ1) is 23.5. The van der Waals surface area contributed by atoms with E-state index in [2.05, 4.69) is 0 Å². The van der Waals surface area contributed by atoms with Gasteiger partial charge in [-0.05, 0) is 48.0 Å². The van der Waals surface area contributed by atoms with Gasteiger partial charge in [-0.2, -0.15) is 0 Å². The molecule has 3 aromatic carbocycles. The van der Waals surface area contributed by atoms with Gasteiger partial charge in [0.15, 0.2) is 15.8 Å². The standard InChI is InChI=1S/C25H18FNO5S2/c1-30-19-10-6-5-9-18(19)27-23(28)22(34-25(27)33)14-15-11-12-20(21(13-15)31-2)32-24(29)16-7-3-4-8-17(16)26/h3-14H,1-2H3/b22-14-. The number of hydrogen-bond donors (Lipinski definition) is 0. The number of thiocarbonyl (C=S) groups is 1. The molecule has 1 heterocycles. The van der Waals surface area contributed by atoms with Crippen LogP contribution in [0.25, 0.3) is 6.08 Å². The molecule has 0 N–H and O–H groups in total. The third-order valence-electron chi connectivity index (χ3n) is 4.90. The number of nitrogens with zero attached hydrogens (tertiary/aromatic N) is 1. The van der Waals surface area contributed by atoms with E-state index in [0.29, 0.717) is 26.2 Å². The van der Waals surface area contributed by atoms with Crippen LogP contribution < -0.4 is 19.1 Å². The molecule has 0 atom stereocenters. The summed E-state index contributed by atoms with van der Waals surface area (Å²) in [7, 11) is 2.94. The summed E-state index contributed by atoms with van der Waals surface area (Å²) in [4.78, 5) is 27.3. The molecule has 0 unspecified atom stereocenters. The topological polar surface area (TPSA) is 65.1 Å². The van der Waals surface area contributed by atoms with Crippen LogP contribution in [0.1, 0.15) is 15.9 Å². The Morgan fingerprint density at radius 3 is 2.41 bits per heavy atom. The summed E-state index contributed by atoms with van der Waals surface area (Å²) in [6, 6.07) is 17.4. The second kappa shape index (κ2) is 10.1. The zero-order valence-electron chi connectivity index (χ0n) is 18.1. The molecule has 172 valence electrons. The van der Waals surface area contributed by atoms with Crippen molar-refractivity contribution < 1.29 is 28.2 Å². The number of carbonyl (C=O) groups is 2. The molecule has 1 saturated heterocycles. The molecule has 0 radical (unpaired) electrons. The van der Waals surface area contributed by atoms with Gasteiger partial charge >= 0.3 is 5.97 Å². The van der Waals surface area contributed by atoms with E-state index in [9.17, 15) is 14.0 Å². The Bertz CT molecular complexity index is 1320. The van der Waals surface area contributed by atoms with Gasteiger partial charge in [-0.25, -0.2) is 9.18 Å². The zero-order valence-corrected chi connectivity index (χ0v) is 19.7. The van der Waals surface area contributed by atoms with Gasteiger partial charge in [0.1, 0.15) is 11.6 Å². The molecule has 6 nitrogen and oxygen atoms in total. The number of rotatable bonds is 6. The van der Waals surface area contributed by atoms with E-state index in [0.717, 1.165) is 11.8 Å². The van der Waals surface area contributed by atoms with E-state index in [1.54, 1.807) is 42.5 Å². The molecule has 1 aliphatic heterocycles. The van der Waals surface area contributed by atoms with Crippen molar-refractivity contribution in [2.24, 2.45) is 0 Å². The van der Waals surface area contributed by atoms with Crippen molar-refractivity contribution in [3.63, 3.8) is 0 Å². The van der Waals surface area contributed by atoms with Gasteiger partial charge in [-0.1, -0.05) is 54.3 Å². The number of anilines is 1. The number of hydrogen-bond acceptors (Lipinski definition) is 7. The molecule has 0 saturated carbocycles. The van der Waals surface area contributed by atoms with Crippen LogP contribution in [0.15, 0.2) is 71.6 Å². The third kappa shape index (κ3) is 4.66. The Hall–Kier alpha value is -3.69. The van der Waals surface area contributed by atoms with E-state index >= 15 is 0 Å². The molecule has 3 aromatic rings. The van der Waals surface area contributed by atoms with Crippen LogP contribution in [0.5, 0.6) is 17.2 Å². The molecule has 1 aliphatic rings. The number of benzene rings is 3. The summed E-state index contributed by atoms with van der Waals surface area (Å²) in [6.07, 6.45) is 1.67. The lowest BCUT2D eigenvalue weighted by atomic mass is 10.1. The highest BCUT2D eigenvalue weighted by Crippen LogP contribution is 2.40. The summed E-state index contributed by atoms with van der Waals surface area (Å²) < 4.78 is 30.3. The maximum atomic E-state index is 13.9. The van der Waals surface area contributed by atoms with Crippen LogP contribution in [-0.2, 0) is 4.79 Å². The minimum Gasteiger partial charge on any atom is -0.495 e. The molecule has 4 rings (SSSR count). The average molecular weight is 496 g/mol. The number of para-hydroxylation sites is 2. The molecule has 34 heavy (non-hydrogen) atoms. The fourth-order valence-corrected chi connectivity index (χ4v) is 4.57. The highest BCUT2D eigenvalue weighted by molar-refractivity contribution is 8.27. The quantitative estimate of drug-likeness (QED) is 0.195. The summed E-state index contributed by atoms with van der Waals surface area (Å²) in [6.45, 7) is 0. The molecule has 0 aromatic heterocycles. The minimum atomic E-state index is -0.846. The predicted octanol–water partition coefficient (Wildman–Crippen LogP) is 5.47. The zero-order chi connectivity index (χ0) is 24.2. The van der Waals surface area contributed by atoms with Crippen LogP contribution in [-0.4, -0.2) is 30.4 Å². The normalized spacial score (nSPS) is 14.4. The average Bonchev–Trinajstić information content (AvgIpc) is 3.12. The summed E-state index contributed by atoms with van der Waals surface area (Å²) in [5, 5.41) is 0. The van der Waals surface area contributed by atoms with Crippen LogP contribution in [0.3, 0.4) is 0 Å². The lowest BCUT2D eigenvalue weighted by molar-refractivity contribution is -0.113. The van der Waals surface area contributed by atoms with Crippen LogP contribution in [0.2, 0.25) is 0 Å². The summed E-state index contributed by atoms with van der Waals surface area (Å²) in [5.41, 5.74) is 1.00. The fourth-order valence-electron chi connectivity index (χ4n) is 3.28. The number of methoxy groups -OCH3 is 2. The van der Waals surface area contributed by atoms with E-state index in [1.165, 1.54) is 43.4 Å². The van der Waals surface area contributed by atoms with Gasteiger partial charge in [0.25, 0.3) is 5.91 Å². The number of thioether (sulfide) groups is 1. The first-order chi connectivity index (χ1) is 16.4. The van der Waals surface area contributed by atoms with Gasteiger partial charge in [-0.15, -0.1) is 0 Å². The predicted molar refractivity (Wildman–Crippen MR) is 133 cm³/mol. The van der Waals surface area contributed by atoms with E-state index in [1.807, 2.05) is 6.07 Å². The molecule has 1 fully saturated rings. The maximum absolute atomic E-state index is 13.9. The van der Waals surface area contributed by atoms with E-state index in [4.69, 9.17) is 26.4 Å². The first-order valence-electron chi connectivity index (χ1n) is 9.98. The summed E-state index contributed by atoms with van der Waals surface area (Å²) in [5.74, 6) is -0.911. The van der Waals surface area contributed by atoms with Crippen molar-refractivity contribution in [1.82, 2.24) is 0 Å². The van der Waals surface area contributed by atoms with E-state index in [-0.39, 0.29) is 23.0 Å². The molecular formula is C25H18FNO5S2. The van der Waals surface area contributed by atoms with E-state index < -0.39 is 11.8 Å². The second-order valence-electron chi connectivity index (χ2n) is 6.97. The number of esters is 1. The van der Waals surface area contributed by atoms with Crippen molar-refractivity contribution in [3.8, 4) is 17.2 Å². The number of ether oxygens (including phenoxy) is 3. The smallest absolute Gasteiger partial charge is 0.346 e. The van der Waals surface area contributed by atoms with Gasteiger partial charge < -0.3 is 14.2 Å². The highest BCUT2D eigenvalue weighted by atomic mass is 32.2. The number of amides is 1. The molecular weight excluding hydrogens is 477 g/mol. The largest absolute Gasteiger partial charge is 0.495 e. The third-order valence-corrected chi connectivity index (χ3v) is 6.20. The van der Waals surface area contributed by atoms with Crippen molar-refractivity contribution in [1.29, 1.82) is 0 Å². The highest BCUT2D eigenvalue weighted by Gasteiger charge is 2.34. The molecule has 0 spiro atoms. The van der Waals surface area contributed by atoms with Crippen molar-refractivity contribution in [2.45, 2.75) is 0 Å². The first-order valence-corrected chi connectivity index (χ1v) is 11.2. The van der Waals surface area contributed by atoms with Gasteiger partial charge in [0.2, 0.25) is 0 Å². The van der Waals surface area contributed by atoms with Crippen LogP contribution in [0.4, 0.5) is 10.1 Å². The maximum Gasteiger partial charge on any atom is 0.346 e. The van der Waals surface area contributed by atoms with Gasteiger partial charge in [0, 0.05) is 0 Å². The Morgan fingerprint density at radius 1 is 0.971 bits per heavy atom. The SMILES string of the molecule is COc1cc(/C=C2\SC(=S)N(c3ccccc3OC)C2=O)ccc1OC(=O)c1ccccc1F. The number of halogens is 1. The Morgan fingerprint density at radius 2 is 1.68 bits per heavy atom. The Kier molecular flexibility index (Phi) is 6.95. The monoisotopic (exact) mass is 495 g/mol. The lowest BCUT2D eigenvalue weighted by Crippen LogP contribution is -2.27. The van der Waals surface area contributed by atoms with Crippen molar-refractivity contribution in [3.05, 3.63) is 88.6 Å². The molecule has 1 amide bonds. The Balaban J connectivity index is 1.59. The lowest BCUT2D eigenvalue weighted by Gasteiger charge is -2.17. The van der Waals surface area contributed by atoms with Crippen molar-refractivity contribution in [2.75, 3.05) is 19.1 Å². The number of carbonyl (C=O) groups excluding carboxylic acids is 2. The second-order valence-corrected chi connectivity index (χ2v) is 8.64. The molecule has 9 heteroatoms. The van der Waals surface area contributed by atoms with Crippen LogP contribution >= 0.6 is 24.0 Å². The fraction of sp³-hybridized carbons (Fsp3) is 0.0800. The van der Waals surface area contributed by atoms with Gasteiger partial charge in [-0.3, -0.25) is 9.69 Å². The minimum absolute atomic E-state index is 0.120. The van der Waals surface area contributed by atoms with Crippen molar-refractivity contribution >= 4 is 51.9 Å². The molecule has 0 bridgehead atoms. The Labute approximate surface area is 204 Å². The summed E-state index contributed by atoms with van der Waals surface area (Å²) >= 11 is 6.60. The molecule has 0 aliphatic carbocycles. The van der Waals surface area contributed by atoms with Crippen LogP contribution in [0, 0.1) is 5.82 Å². The van der Waals surface area contributed by atoms with Gasteiger partial charge in [0.05, 0.1) is 30.4 Å².